The summed E-state index contributed by atoms with van der Waals surface area (Å²) in [4.78, 5) is 0. The quantitative estimate of drug-likeness (QED) is 0.476. The highest BCUT2D eigenvalue weighted by Gasteiger charge is 2.01. The lowest BCUT2D eigenvalue weighted by molar-refractivity contribution is 0.615. The van der Waals surface area contributed by atoms with Gasteiger partial charge < -0.3 is 5.02 Å². The van der Waals surface area contributed by atoms with Gasteiger partial charge in [0.15, 0.2) is 0 Å². The molecule has 1 nitrogen and oxygen atoms in total. The molecule has 0 saturated heterocycles. The Morgan fingerprint density at radius 1 is 0.750 bits per heavy atom. The zero-order chi connectivity index (χ0) is 11.0. The molecule has 0 spiro atoms. The second kappa shape index (κ2) is 3.65. The van der Waals surface area contributed by atoms with Gasteiger partial charge in [-0.15, -0.1) is 0 Å². The fourth-order valence-corrected chi connectivity index (χ4v) is 2.15. The highest BCUT2D eigenvalue weighted by atomic mass is 16.2. The van der Waals surface area contributed by atoms with E-state index >= 15 is 0 Å². The van der Waals surface area contributed by atoms with Crippen molar-refractivity contribution in [3.63, 3.8) is 0 Å². The van der Waals surface area contributed by atoms with E-state index in [2.05, 4.69) is 36.4 Å². The van der Waals surface area contributed by atoms with Gasteiger partial charge in [0, 0.05) is 0 Å². The first-order valence-corrected chi connectivity index (χ1v) is 5.40. The fraction of sp³-hybridized carbons (Fsp3) is 0. The number of rotatable bonds is 1. The first kappa shape index (κ1) is 9.43. The molecule has 0 radical (unpaired) electrons. The Labute approximate surface area is 94.6 Å². The number of hydrogen-bond donors (Lipinski definition) is 1. The van der Waals surface area contributed by atoms with Crippen molar-refractivity contribution in [1.82, 2.24) is 0 Å². The van der Waals surface area contributed by atoms with Crippen LogP contribution in [0.1, 0.15) is 0 Å². The van der Waals surface area contributed by atoms with Crippen molar-refractivity contribution in [2.24, 2.45) is 0 Å². The van der Waals surface area contributed by atoms with Gasteiger partial charge in [0.05, 0.1) is 0 Å². The van der Waals surface area contributed by atoms with Crippen LogP contribution in [0.4, 0.5) is 0 Å². The molecule has 0 saturated carbocycles. The molecule has 0 aliphatic rings. The largest absolute Gasteiger partial charge is 0.449 e. The molecule has 0 unspecified atom stereocenters. The highest BCUT2D eigenvalue weighted by molar-refractivity contribution is 6.46. The Hall–Kier alpha value is -1.80. The van der Waals surface area contributed by atoms with Crippen molar-refractivity contribution >= 4 is 34.5 Å². The van der Waals surface area contributed by atoms with Crippen LogP contribution in [0, 0.1) is 0 Å². The van der Waals surface area contributed by atoms with Gasteiger partial charge in [-0.3, -0.25) is 0 Å². The molecule has 0 bridgehead atoms. The molecule has 0 aliphatic heterocycles. The second-order valence-corrected chi connectivity index (χ2v) is 4.00. The second-order valence-electron chi connectivity index (χ2n) is 4.00. The topological polar surface area (TPSA) is 20.2 Å². The minimum absolute atomic E-state index is 0.0964. The molecule has 0 atom stereocenters. The van der Waals surface area contributed by atoms with Gasteiger partial charge in [0.25, 0.3) is 0 Å². The standard InChI is InChI=1S/C14H11BO/c16-15-12-8-7-11-6-5-10-3-1-2-4-13(10)14(11)9-12/h1-9,15-16H. The summed E-state index contributed by atoms with van der Waals surface area (Å²) in [5.41, 5.74) is 0.962. The number of benzene rings is 3. The summed E-state index contributed by atoms with van der Waals surface area (Å²) in [6.07, 6.45) is 0. The van der Waals surface area contributed by atoms with Gasteiger partial charge in [-0.05, 0) is 21.5 Å². The molecule has 1 N–H and O–H groups in total. The Morgan fingerprint density at radius 3 is 2.25 bits per heavy atom. The summed E-state index contributed by atoms with van der Waals surface area (Å²) in [6, 6.07) is 18.7. The van der Waals surface area contributed by atoms with Gasteiger partial charge in [-0.2, -0.15) is 0 Å². The third-order valence-corrected chi connectivity index (χ3v) is 2.99. The van der Waals surface area contributed by atoms with E-state index in [4.69, 9.17) is 5.02 Å². The molecular formula is C14H11BO. The lowest BCUT2D eigenvalue weighted by Gasteiger charge is -2.05. The summed E-state index contributed by atoms with van der Waals surface area (Å²) >= 11 is 0. The molecule has 3 aromatic carbocycles. The van der Waals surface area contributed by atoms with E-state index in [1.165, 1.54) is 21.5 Å². The Kier molecular flexibility index (Phi) is 2.15. The maximum atomic E-state index is 9.17. The van der Waals surface area contributed by atoms with Crippen LogP contribution in [0.15, 0.2) is 54.6 Å². The van der Waals surface area contributed by atoms with Crippen LogP contribution in [0.25, 0.3) is 21.5 Å². The van der Waals surface area contributed by atoms with E-state index in [-0.39, 0.29) is 7.48 Å². The lowest BCUT2D eigenvalue weighted by Crippen LogP contribution is -2.12. The SMILES string of the molecule is OBc1ccc2ccc3ccccc3c2c1. The monoisotopic (exact) mass is 206 g/mol. The van der Waals surface area contributed by atoms with Gasteiger partial charge in [0.1, 0.15) is 0 Å². The van der Waals surface area contributed by atoms with Crippen LogP contribution >= 0.6 is 0 Å². The smallest absolute Gasteiger partial charge is 0.304 e. The molecule has 76 valence electrons. The zero-order valence-corrected chi connectivity index (χ0v) is 8.85. The minimum atomic E-state index is 0.0964. The van der Waals surface area contributed by atoms with E-state index in [0.717, 1.165) is 5.46 Å². The third kappa shape index (κ3) is 1.39. The van der Waals surface area contributed by atoms with E-state index in [0.29, 0.717) is 0 Å². The summed E-state index contributed by atoms with van der Waals surface area (Å²) in [5.74, 6) is 0. The summed E-state index contributed by atoms with van der Waals surface area (Å²) < 4.78 is 0. The predicted molar refractivity (Wildman–Crippen MR) is 70.5 cm³/mol. The van der Waals surface area contributed by atoms with Crippen LogP contribution in [0.2, 0.25) is 0 Å². The molecule has 0 aromatic heterocycles. The Balaban J connectivity index is 2.47. The van der Waals surface area contributed by atoms with E-state index < -0.39 is 0 Å². The van der Waals surface area contributed by atoms with Crippen molar-refractivity contribution in [1.29, 1.82) is 0 Å². The van der Waals surface area contributed by atoms with Crippen LogP contribution in [-0.2, 0) is 0 Å². The minimum Gasteiger partial charge on any atom is -0.449 e. The van der Waals surface area contributed by atoms with Crippen molar-refractivity contribution in [2.75, 3.05) is 0 Å². The summed E-state index contributed by atoms with van der Waals surface area (Å²) in [5, 5.41) is 14.1. The average Bonchev–Trinajstić information content (AvgIpc) is 2.38. The van der Waals surface area contributed by atoms with Gasteiger partial charge >= 0.3 is 7.48 Å². The lowest BCUT2D eigenvalue weighted by atomic mass is 9.86. The molecule has 2 heteroatoms. The molecule has 16 heavy (non-hydrogen) atoms. The highest BCUT2D eigenvalue weighted by Crippen LogP contribution is 2.23. The molecule has 0 heterocycles. The Bertz CT molecular complexity index is 661. The van der Waals surface area contributed by atoms with Crippen LogP contribution in [-0.4, -0.2) is 12.5 Å². The first-order valence-electron chi connectivity index (χ1n) is 5.40. The van der Waals surface area contributed by atoms with E-state index in [1.807, 2.05) is 18.2 Å². The van der Waals surface area contributed by atoms with Crippen molar-refractivity contribution < 1.29 is 5.02 Å². The molecular weight excluding hydrogens is 195 g/mol. The maximum absolute atomic E-state index is 9.17. The molecule has 3 aromatic rings. The fourth-order valence-electron chi connectivity index (χ4n) is 2.15. The number of fused-ring (bicyclic) bond motifs is 3. The molecule has 0 amide bonds. The van der Waals surface area contributed by atoms with Crippen LogP contribution < -0.4 is 5.46 Å². The first-order chi connectivity index (χ1) is 7.88. The van der Waals surface area contributed by atoms with Gasteiger partial charge in [-0.25, -0.2) is 0 Å². The van der Waals surface area contributed by atoms with Gasteiger partial charge in [-0.1, -0.05) is 60.1 Å². The van der Waals surface area contributed by atoms with Crippen molar-refractivity contribution in [3.05, 3.63) is 54.6 Å². The maximum Gasteiger partial charge on any atom is 0.304 e. The average molecular weight is 206 g/mol. The van der Waals surface area contributed by atoms with E-state index in [1.54, 1.807) is 0 Å². The van der Waals surface area contributed by atoms with Crippen molar-refractivity contribution in [3.8, 4) is 0 Å². The van der Waals surface area contributed by atoms with E-state index in [9.17, 15) is 0 Å². The Morgan fingerprint density at radius 2 is 1.44 bits per heavy atom. The zero-order valence-electron chi connectivity index (χ0n) is 8.85. The molecule has 0 fully saturated rings. The normalized spacial score (nSPS) is 10.8. The summed E-state index contributed by atoms with van der Waals surface area (Å²) in [6.45, 7) is 0. The number of hydrogen-bond acceptors (Lipinski definition) is 1. The molecule has 0 aliphatic carbocycles. The predicted octanol–water partition coefficient (Wildman–Crippen LogP) is 1.96. The van der Waals surface area contributed by atoms with Crippen molar-refractivity contribution in [2.45, 2.75) is 0 Å². The third-order valence-electron chi connectivity index (χ3n) is 2.99. The van der Waals surface area contributed by atoms with Gasteiger partial charge in [0.2, 0.25) is 0 Å². The van der Waals surface area contributed by atoms with Crippen LogP contribution in [0.3, 0.4) is 0 Å². The summed E-state index contributed by atoms with van der Waals surface area (Å²) in [7, 11) is 0.0964. The molecule has 3 rings (SSSR count). The van der Waals surface area contributed by atoms with Crippen LogP contribution in [0.5, 0.6) is 0 Å².